The van der Waals surface area contributed by atoms with Crippen molar-refractivity contribution in [2.24, 2.45) is 7.05 Å². The van der Waals surface area contributed by atoms with E-state index < -0.39 is 5.97 Å². The van der Waals surface area contributed by atoms with E-state index in [1.807, 2.05) is 25.8 Å². The van der Waals surface area contributed by atoms with Crippen LogP contribution in [0.25, 0.3) is 6.08 Å². The molecule has 0 unspecified atom stereocenters. The van der Waals surface area contributed by atoms with Crippen molar-refractivity contribution in [2.45, 2.75) is 26.3 Å². The second-order valence-corrected chi connectivity index (χ2v) is 5.74. The average molecular weight is 307 g/mol. The van der Waals surface area contributed by atoms with E-state index in [0.717, 1.165) is 0 Å². The van der Waals surface area contributed by atoms with Crippen molar-refractivity contribution in [3.63, 3.8) is 0 Å². The molecule has 0 aromatic carbocycles. The van der Waals surface area contributed by atoms with Crippen molar-refractivity contribution < 1.29 is 14.3 Å². The predicted molar refractivity (Wildman–Crippen MR) is 81.3 cm³/mol. The van der Waals surface area contributed by atoms with Crippen LogP contribution in [-0.4, -0.2) is 46.5 Å². The van der Waals surface area contributed by atoms with E-state index in [1.54, 1.807) is 6.92 Å². The number of nitrogens with one attached hydrogen (secondary N) is 1. The second-order valence-electron chi connectivity index (χ2n) is 5.74. The van der Waals surface area contributed by atoms with Crippen molar-refractivity contribution in [1.29, 1.82) is 0 Å². The maximum Gasteiger partial charge on any atom is 0.357 e. The van der Waals surface area contributed by atoms with Crippen molar-refractivity contribution in [2.75, 3.05) is 20.3 Å². The molecule has 1 N–H and O–H groups in total. The molecule has 0 saturated carbocycles. The summed E-state index contributed by atoms with van der Waals surface area (Å²) in [5, 5.41) is 2.70. The molecule has 7 nitrogen and oxygen atoms in total. The molecular formula is C15H21N3O4. The number of carbonyl (C=O) groups excluding carboxylic acids is 1. The third-order valence-corrected chi connectivity index (χ3v) is 3.68. The van der Waals surface area contributed by atoms with E-state index >= 15 is 0 Å². The van der Waals surface area contributed by atoms with Gasteiger partial charge < -0.3 is 14.4 Å². The first kappa shape index (κ1) is 16.0. The fraction of sp³-hybridized carbons (Fsp3) is 0.533. The summed E-state index contributed by atoms with van der Waals surface area (Å²) < 4.78 is 11.7. The van der Waals surface area contributed by atoms with E-state index in [-0.39, 0.29) is 29.0 Å². The summed E-state index contributed by atoms with van der Waals surface area (Å²) >= 11 is 0. The van der Waals surface area contributed by atoms with Gasteiger partial charge in [-0.15, -0.1) is 0 Å². The molecule has 2 rings (SSSR count). The first-order valence-electron chi connectivity index (χ1n) is 7.07. The van der Waals surface area contributed by atoms with Gasteiger partial charge in [0.15, 0.2) is 5.69 Å². The van der Waals surface area contributed by atoms with Crippen LogP contribution >= 0.6 is 0 Å². The number of nitrogens with zero attached hydrogens (tertiary/aromatic N) is 2. The molecule has 0 aliphatic carbocycles. The van der Waals surface area contributed by atoms with Gasteiger partial charge in [-0.2, -0.15) is 0 Å². The lowest BCUT2D eigenvalue weighted by Crippen LogP contribution is -2.35. The highest BCUT2D eigenvalue weighted by Crippen LogP contribution is 2.26. The zero-order valence-corrected chi connectivity index (χ0v) is 13.5. The third-order valence-electron chi connectivity index (χ3n) is 3.68. The van der Waals surface area contributed by atoms with Gasteiger partial charge in [0.05, 0.1) is 17.7 Å². The predicted octanol–water partition coefficient (Wildman–Crippen LogP) is 1.08. The maximum atomic E-state index is 12.1. The number of aryl methyl sites for hydroxylation is 1. The summed E-state index contributed by atoms with van der Waals surface area (Å²) in [5.74, 6) is -0.0395. The van der Waals surface area contributed by atoms with Crippen LogP contribution in [0.3, 0.4) is 0 Å². The van der Waals surface area contributed by atoms with Gasteiger partial charge in [-0.1, -0.05) is 5.73 Å². The Bertz CT molecular complexity index is 705. The van der Waals surface area contributed by atoms with E-state index in [4.69, 9.17) is 9.47 Å². The quantitative estimate of drug-likeness (QED) is 0.668. The Kier molecular flexibility index (Phi) is 4.19. The van der Waals surface area contributed by atoms with Crippen molar-refractivity contribution >= 4 is 12.0 Å². The van der Waals surface area contributed by atoms with Gasteiger partial charge >= 0.3 is 5.97 Å². The van der Waals surface area contributed by atoms with Gasteiger partial charge in [-0.3, -0.25) is 14.6 Å². The smallest absolute Gasteiger partial charge is 0.357 e. The van der Waals surface area contributed by atoms with Crippen LogP contribution in [0.5, 0.6) is 0 Å². The second kappa shape index (κ2) is 5.77. The van der Waals surface area contributed by atoms with E-state index in [0.29, 0.717) is 12.5 Å². The number of ether oxygens (including phenoxy) is 2. The number of hydrogen-bond donors (Lipinski definition) is 1. The number of H-pyrrole nitrogens is 1. The maximum absolute atomic E-state index is 12.1. The van der Waals surface area contributed by atoms with Gasteiger partial charge in [0.2, 0.25) is 5.88 Å². The summed E-state index contributed by atoms with van der Waals surface area (Å²) in [5.41, 5.74) is 2.81. The molecular weight excluding hydrogens is 286 g/mol. The lowest BCUT2D eigenvalue weighted by Gasteiger charge is -2.24. The molecule has 0 bridgehead atoms. The highest BCUT2D eigenvalue weighted by atomic mass is 16.5. The average Bonchev–Trinajstić information content (AvgIpc) is 2.88. The van der Waals surface area contributed by atoms with Crippen LogP contribution in [0.2, 0.25) is 0 Å². The topological polar surface area (TPSA) is 76.6 Å². The summed E-state index contributed by atoms with van der Waals surface area (Å²) in [6.45, 7) is 6.57. The molecule has 1 aromatic heterocycles. The number of rotatable bonds is 3. The molecule has 1 aliphatic rings. The summed E-state index contributed by atoms with van der Waals surface area (Å²) in [6, 6.07) is 0. The SMILES string of the molecule is CCOC(=O)c1[nH]n(C)c(=O)c1C=C=C1OCC(C)(C)N1C. The standard InChI is InChI=1S/C15H21N3O4/c1-6-21-14(20)12-10(13(19)18(5)16-12)7-8-11-17(4)15(2,3)9-22-11/h7,16H,6,9H2,1-5H3. The molecule has 0 spiro atoms. The normalized spacial score (nSPS) is 16.2. The lowest BCUT2D eigenvalue weighted by atomic mass is 10.1. The number of aromatic amines is 1. The van der Waals surface area contributed by atoms with Crippen LogP contribution < -0.4 is 5.56 Å². The number of carbonyl (C=O) groups is 1. The van der Waals surface area contributed by atoms with Crippen LogP contribution in [0.4, 0.5) is 0 Å². The van der Waals surface area contributed by atoms with Gasteiger partial charge in [-0.05, 0) is 20.8 Å². The Morgan fingerprint density at radius 2 is 2.18 bits per heavy atom. The minimum absolute atomic E-state index is 0.113. The van der Waals surface area contributed by atoms with Crippen LogP contribution in [-0.2, 0) is 16.5 Å². The van der Waals surface area contributed by atoms with Gasteiger partial charge in [0.25, 0.3) is 5.56 Å². The number of aromatic nitrogens is 2. The molecule has 0 amide bonds. The molecule has 1 aromatic rings. The molecule has 22 heavy (non-hydrogen) atoms. The summed E-state index contributed by atoms with van der Waals surface area (Å²) in [4.78, 5) is 25.9. The Balaban J connectivity index is 2.44. The number of likely N-dealkylation sites (N-methyl/N-ethyl adjacent to an activating group) is 1. The minimum atomic E-state index is -0.570. The zero-order valence-electron chi connectivity index (χ0n) is 13.5. The highest BCUT2D eigenvalue weighted by molar-refractivity contribution is 5.91. The first-order chi connectivity index (χ1) is 10.3. The molecule has 1 saturated heterocycles. The van der Waals surface area contributed by atoms with Crippen LogP contribution in [0.15, 0.2) is 16.4 Å². The minimum Gasteiger partial charge on any atom is -0.471 e. The third kappa shape index (κ3) is 2.80. The van der Waals surface area contributed by atoms with E-state index in [2.05, 4.69) is 10.8 Å². The number of esters is 1. The highest BCUT2D eigenvalue weighted by Gasteiger charge is 2.33. The molecule has 120 valence electrons. The van der Waals surface area contributed by atoms with Crippen molar-refractivity contribution in [3.8, 4) is 0 Å². The lowest BCUT2D eigenvalue weighted by molar-refractivity contribution is 0.0518. The van der Waals surface area contributed by atoms with Gasteiger partial charge in [-0.25, -0.2) is 4.79 Å². The molecule has 1 aliphatic heterocycles. The Morgan fingerprint density at radius 3 is 2.73 bits per heavy atom. The van der Waals surface area contributed by atoms with Gasteiger partial charge in [0, 0.05) is 20.2 Å². The van der Waals surface area contributed by atoms with Crippen LogP contribution in [0.1, 0.15) is 36.8 Å². The zero-order chi connectivity index (χ0) is 16.5. The van der Waals surface area contributed by atoms with E-state index in [9.17, 15) is 9.59 Å². The molecule has 7 heteroatoms. The number of hydrogen-bond acceptors (Lipinski definition) is 5. The summed E-state index contributed by atoms with van der Waals surface area (Å²) in [6.07, 6.45) is 1.46. The Labute approximate surface area is 128 Å². The largest absolute Gasteiger partial charge is 0.471 e. The van der Waals surface area contributed by atoms with Crippen molar-refractivity contribution in [1.82, 2.24) is 14.7 Å². The molecule has 1 fully saturated rings. The Hall–Kier alpha value is -2.40. The first-order valence-corrected chi connectivity index (χ1v) is 7.07. The Morgan fingerprint density at radius 1 is 1.50 bits per heavy atom. The van der Waals surface area contributed by atoms with Crippen molar-refractivity contribution in [3.05, 3.63) is 33.2 Å². The molecule has 2 heterocycles. The monoisotopic (exact) mass is 307 g/mol. The van der Waals surface area contributed by atoms with Gasteiger partial charge in [0.1, 0.15) is 6.61 Å². The van der Waals surface area contributed by atoms with E-state index in [1.165, 1.54) is 17.8 Å². The fourth-order valence-electron chi connectivity index (χ4n) is 2.04. The molecule has 0 atom stereocenters. The fourth-order valence-corrected chi connectivity index (χ4v) is 2.04. The summed E-state index contributed by atoms with van der Waals surface area (Å²) in [7, 11) is 3.43. The van der Waals surface area contributed by atoms with Crippen LogP contribution in [0, 0.1) is 0 Å². The molecule has 0 radical (unpaired) electrons.